The van der Waals surface area contributed by atoms with Crippen LogP contribution in [0.25, 0.3) is 0 Å². The molecule has 0 unspecified atom stereocenters. The van der Waals surface area contributed by atoms with Crippen LogP contribution in [-0.2, 0) is 11.3 Å². The van der Waals surface area contributed by atoms with E-state index in [1.165, 1.54) is 13.1 Å². The Morgan fingerprint density at radius 2 is 2.23 bits per heavy atom. The summed E-state index contributed by atoms with van der Waals surface area (Å²) >= 11 is 0. The predicted octanol–water partition coefficient (Wildman–Crippen LogP) is -0.0463. The first kappa shape index (κ1) is 9.44. The Balaban J connectivity index is 2.94. The van der Waals surface area contributed by atoms with E-state index in [-0.39, 0.29) is 24.2 Å². The number of carbonyl (C=O) groups is 1. The minimum Gasteiger partial charge on any atom is -0.494 e. The topological polar surface area (TPSA) is 74.5 Å². The molecule has 1 rings (SSSR count). The first-order valence-corrected chi connectivity index (χ1v) is 3.85. The third-order valence-electron chi connectivity index (χ3n) is 1.81. The quantitative estimate of drug-likeness (QED) is 0.603. The molecule has 0 bridgehead atoms. The smallest absolute Gasteiger partial charge is 0.239 e. The number of rotatable bonds is 2. The molecule has 72 valence electrons. The zero-order valence-corrected chi connectivity index (χ0v) is 7.53. The molecular formula is C8H12N2O3. The largest absolute Gasteiger partial charge is 0.494 e. The van der Waals surface area contributed by atoms with Gasteiger partial charge in [0, 0.05) is 18.7 Å². The predicted molar refractivity (Wildman–Crippen MR) is 46.6 cm³/mol. The van der Waals surface area contributed by atoms with Gasteiger partial charge < -0.3 is 15.5 Å². The molecule has 5 nitrogen and oxygen atoms in total. The van der Waals surface area contributed by atoms with Crippen LogP contribution >= 0.6 is 0 Å². The van der Waals surface area contributed by atoms with Crippen LogP contribution in [-0.4, -0.2) is 27.7 Å². The van der Waals surface area contributed by atoms with Gasteiger partial charge in [-0.05, 0) is 6.92 Å². The van der Waals surface area contributed by atoms with Crippen LogP contribution in [0, 0.1) is 6.92 Å². The molecule has 0 aromatic carbocycles. The highest BCUT2D eigenvalue weighted by atomic mass is 16.3. The summed E-state index contributed by atoms with van der Waals surface area (Å²) in [6.45, 7) is 1.57. The molecule has 0 saturated heterocycles. The van der Waals surface area contributed by atoms with Gasteiger partial charge in [0.15, 0.2) is 11.8 Å². The Morgan fingerprint density at radius 3 is 2.62 bits per heavy atom. The first-order chi connectivity index (χ1) is 6.06. The summed E-state index contributed by atoms with van der Waals surface area (Å²) in [5, 5.41) is 21.1. The number of aromatic hydroxyl groups is 2. The summed E-state index contributed by atoms with van der Waals surface area (Å²) in [7, 11) is 1.49. The number of nitrogens with zero attached hydrogens (tertiary/aromatic N) is 1. The molecule has 0 aliphatic heterocycles. The SMILES string of the molecule is CNC(=O)Cn1c(O)cc(C)c1O. The van der Waals surface area contributed by atoms with E-state index in [1.54, 1.807) is 6.92 Å². The molecule has 1 heterocycles. The number of nitrogens with one attached hydrogen (secondary N) is 1. The van der Waals surface area contributed by atoms with E-state index < -0.39 is 0 Å². The lowest BCUT2D eigenvalue weighted by Gasteiger charge is -2.04. The molecule has 0 spiro atoms. The summed E-state index contributed by atoms with van der Waals surface area (Å²) in [6.07, 6.45) is 0. The molecule has 3 N–H and O–H groups in total. The molecule has 1 aromatic rings. The number of aryl methyl sites for hydroxylation is 1. The number of carbonyl (C=O) groups excluding carboxylic acids is 1. The molecule has 0 fully saturated rings. The Morgan fingerprint density at radius 1 is 1.62 bits per heavy atom. The van der Waals surface area contributed by atoms with Crippen molar-refractivity contribution >= 4 is 5.91 Å². The lowest BCUT2D eigenvalue weighted by atomic mass is 10.4. The normalized spacial score (nSPS) is 10.0. The highest BCUT2D eigenvalue weighted by molar-refractivity contribution is 5.75. The van der Waals surface area contributed by atoms with E-state index in [4.69, 9.17) is 0 Å². The highest BCUT2D eigenvalue weighted by Crippen LogP contribution is 2.25. The van der Waals surface area contributed by atoms with Crippen LogP contribution < -0.4 is 5.32 Å². The van der Waals surface area contributed by atoms with Crippen molar-refractivity contribution in [3.63, 3.8) is 0 Å². The Labute approximate surface area is 75.6 Å². The second-order valence-corrected chi connectivity index (χ2v) is 2.77. The fraction of sp³-hybridized carbons (Fsp3) is 0.375. The van der Waals surface area contributed by atoms with E-state index in [0.717, 1.165) is 4.57 Å². The monoisotopic (exact) mass is 184 g/mol. The summed E-state index contributed by atoms with van der Waals surface area (Å²) < 4.78 is 1.13. The number of amides is 1. The molecular weight excluding hydrogens is 172 g/mol. The molecule has 0 atom stereocenters. The van der Waals surface area contributed by atoms with Crippen molar-refractivity contribution in [2.45, 2.75) is 13.5 Å². The molecule has 0 aliphatic rings. The summed E-state index contributed by atoms with van der Waals surface area (Å²) in [4.78, 5) is 10.9. The van der Waals surface area contributed by atoms with Crippen LogP contribution in [0.3, 0.4) is 0 Å². The van der Waals surface area contributed by atoms with Crippen molar-refractivity contribution in [1.82, 2.24) is 9.88 Å². The van der Waals surface area contributed by atoms with Gasteiger partial charge in [0.1, 0.15) is 6.54 Å². The second kappa shape index (κ2) is 3.38. The van der Waals surface area contributed by atoms with E-state index in [9.17, 15) is 15.0 Å². The van der Waals surface area contributed by atoms with Crippen LogP contribution in [0.2, 0.25) is 0 Å². The fourth-order valence-electron chi connectivity index (χ4n) is 1.04. The van der Waals surface area contributed by atoms with Crippen molar-refractivity contribution < 1.29 is 15.0 Å². The molecule has 1 amide bonds. The van der Waals surface area contributed by atoms with Gasteiger partial charge in [-0.3, -0.25) is 9.36 Å². The lowest BCUT2D eigenvalue weighted by Crippen LogP contribution is -2.23. The minimum absolute atomic E-state index is 0.0813. The van der Waals surface area contributed by atoms with E-state index in [0.29, 0.717) is 5.56 Å². The van der Waals surface area contributed by atoms with Crippen LogP contribution in [0.4, 0.5) is 0 Å². The van der Waals surface area contributed by atoms with Crippen molar-refractivity contribution in [1.29, 1.82) is 0 Å². The number of hydrogen-bond acceptors (Lipinski definition) is 3. The van der Waals surface area contributed by atoms with E-state index >= 15 is 0 Å². The molecule has 1 aromatic heterocycles. The highest BCUT2D eigenvalue weighted by Gasteiger charge is 2.12. The summed E-state index contributed by atoms with van der Waals surface area (Å²) in [5.74, 6) is -0.471. The zero-order chi connectivity index (χ0) is 10.0. The standard InChI is InChI=1S/C8H12N2O3/c1-5-3-7(12)10(8(5)13)4-6(11)9-2/h3,12-13H,4H2,1-2H3,(H,9,11). The van der Waals surface area contributed by atoms with Crippen molar-refractivity contribution in [3.8, 4) is 11.8 Å². The third-order valence-corrected chi connectivity index (χ3v) is 1.81. The maximum Gasteiger partial charge on any atom is 0.239 e. The van der Waals surface area contributed by atoms with Gasteiger partial charge in [-0.25, -0.2) is 0 Å². The van der Waals surface area contributed by atoms with Gasteiger partial charge in [0.2, 0.25) is 5.91 Å². The van der Waals surface area contributed by atoms with Gasteiger partial charge in [0.05, 0.1) is 0 Å². The Kier molecular flexibility index (Phi) is 2.46. The maximum absolute atomic E-state index is 10.9. The fourth-order valence-corrected chi connectivity index (χ4v) is 1.04. The molecule has 13 heavy (non-hydrogen) atoms. The number of aromatic nitrogens is 1. The van der Waals surface area contributed by atoms with Crippen molar-refractivity contribution in [3.05, 3.63) is 11.6 Å². The Bertz CT molecular complexity index is 330. The van der Waals surface area contributed by atoms with Gasteiger partial charge in [-0.15, -0.1) is 0 Å². The van der Waals surface area contributed by atoms with Gasteiger partial charge in [-0.1, -0.05) is 0 Å². The molecule has 0 radical (unpaired) electrons. The molecule has 5 heteroatoms. The zero-order valence-electron chi connectivity index (χ0n) is 7.53. The summed E-state index contributed by atoms with van der Waals surface area (Å²) in [6, 6.07) is 1.40. The van der Waals surface area contributed by atoms with Crippen molar-refractivity contribution in [2.75, 3.05) is 7.05 Å². The number of likely N-dealkylation sites (N-methyl/N-ethyl adjacent to an activating group) is 1. The first-order valence-electron chi connectivity index (χ1n) is 3.85. The van der Waals surface area contributed by atoms with Crippen molar-refractivity contribution in [2.24, 2.45) is 0 Å². The van der Waals surface area contributed by atoms with E-state index in [1.807, 2.05) is 0 Å². The minimum atomic E-state index is -0.277. The van der Waals surface area contributed by atoms with Gasteiger partial charge in [0.25, 0.3) is 0 Å². The van der Waals surface area contributed by atoms with E-state index in [2.05, 4.69) is 5.32 Å². The average Bonchev–Trinajstić information content (AvgIpc) is 2.32. The molecule has 0 saturated carbocycles. The maximum atomic E-state index is 10.9. The second-order valence-electron chi connectivity index (χ2n) is 2.77. The van der Waals surface area contributed by atoms with Gasteiger partial charge >= 0.3 is 0 Å². The van der Waals surface area contributed by atoms with Crippen LogP contribution in [0.5, 0.6) is 11.8 Å². The Hall–Kier alpha value is -1.65. The van der Waals surface area contributed by atoms with Gasteiger partial charge in [-0.2, -0.15) is 0 Å². The van der Waals surface area contributed by atoms with Crippen LogP contribution in [0.15, 0.2) is 6.07 Å². The molecule has 0 aliphatic carbocycles. The number of hydrogen-bond donors (Lipinski definition) is 3. The average molecular weight is 184 g/mol. The summed E-state index contributed by atoms with van der Waals surface area (Å²) in [5.41, 5.74) is 0.543. The third kappa shape index (κ3) is 1.74. The van der Waals surface area contributed by atoms with Crippen LogP contribution in [0.1, 0.15) is 5.56 Å². The lowest BCUT2D eigenvalue weighted by molar-refractivity contribution is -0.121.